The number of aromatic nitrogens is 1. The normalized spacial score (nSPS) is 22.0. The van der Waals surface area contributed by atoms with Crippen molar-refractivity contribution in [3.8, 4) is 6.07 Å². The number of rotatable bonds is 4. The zero-order valence-corrected chi connectivity index (χ0v) is 11.5. The fourth-order valence-corrected chi connectivity index (χ4v) is 2.90. The van der Waals surface area contributed by atoms with Crippen LogP contribution in [0.3, 0.4) is 0 Å². The monoisotopic (exact) mass is 274 g/mol. The Labute approximate surface area is 118 Å². The van der Waals surface area contributed by atoms with Crippen molar-refractivity contribution in [1.29, 1.82) is 5.26 Å². The Morgan fingerprint density at radius 1 is 1.55 bits per heavy atom. The van der Waals surface area contributed by atoms with Gasteiger partial charge in [-0.3, -0.25) is 10.1 Å². The molecular formula is C14H18N4O2. The van der Waals surface area contributed by atoms with Gasteiger partial charge >= 0.3 is 5.69 Å². The van der Waals surface area contributed by atoms with E-state index in [1.807, 2.05) is 6.07 Å². The number of nitrogens with one attached hydrogen (secondary N) is 1. The molecule has 0 amide bonds. The first kappa shape index (κ1) is 14.3. The molecule has 2 rings (SSSR count). The number of hydrogen-bond acceptors (Lipinski definition) is 5. The fourth-order valence-electron chi connectivity index (χ4n) is 2.90. The molecule has 6 heteroatoms. The molecule has 1 aliphatic rings. The molecular weight excluding hydrogens is 256 g/mol. The van der Waals surface area contributed by atoms with Crippen molar-refractivity contribution in [2.45, 2.75) is 45.1 Å². The van der Waals surface area contributed by atoms with E-state index in [9.17, 15) is 10.1 Å². The molecule has 2 unspecified atom stereocenters. The third-order valence-corrected chi connectivity index (χ3v) is 3.98. The van der Waals surface area contributed by atoms with Gasteiger partial charge in [0, 0.05) is 12.2 Å². The summed E-state index contributed by atoms with van der Waals surface area (Å²) in [4.78, 5) is 14.7. The van der Waals surface area contributed by atoms with Gasteiger partial charge in [0.25, 0.3) is 0 Å². The van der Waals surface area contributed by atoms with Gasteiger partial charge in [0.1, 0.15) is 11.6 Å². The SMILES string of the molecule is CCC1CCCCC1Nc1nccc(C#N)c1[N+](=O)[O-]. The van der Waals surface area contributed by atoms with Crippen LogP contribution in [-0.4, -0.2) is 15.9 Å². The van der Waals surface area contributed by atoms with Crippen molar-refractivity contribution < 1.29 is 4.92 Å². The van der Waals surface area contributed by atoms with E-state index >= 15 is 0 Å². The first-order valence-corrected chi connectivity index (χ1v) is 6.97. The average molecular weight is 274 g/mol. The Balaban J connectivity index is 2.29. The van der Waals surface area contributed by atoms with Gasteiger partial charge in [-0.2, -0.15) is 5.26 Å². The second-order valence-corrected chi connectivity index (χ2v) is 5.13. The maximum atomic E-state index is 11.2. The summed E-state index contributed by atoms with van der Waals surface area (Å²) in [5, 5.41) is 23.4. The fraction of sp³-hybridized carbons (Fsp3) is 0.571. The first-order chi connectivity index (χ1) is 9.67. The van der Waals surface area contributed by atoms with Gasteiger partial charge in [0.2, 0.25) is 5.82 Å². The molecule has 0 saturated heterocycles. The summed E-state index contributed by atoms with van der Waals surface area (Å²) < 4.78 is 0. The van der Waals surface area contributed by atoms with E-state index in [0.717, 1.165) is 25.7 Å². The zero-order valence-electron chi connectivity index (χ0n) is 11.5. The number of nitrogens with zero attached hydrogens (tertiary/aromatic N) is 3. The lowest BCUT2D eigenvalue weighted by atomic mass is 9.83. The zero-order chi connectivity index (χ0) is 14.5. The van der Waals surface area contributed by atoms with Crippen molar-refractivity contribution in [2.75, 3.05) is 5.32 Å². The molecule has 1 heterocycles. The predicted octanol–water partition coefficient (Wildman–Crippen LogP) is 3.24. The molecule has 0 bridgehead atoms. The third-order valence-electron chi connectivity index (χ3n) is 3.98. The third kappa shape index (κ3) is 2.87. The van der Waals surface area contributed by atoms with Crippen LogP contribution in [0.15, 0.2) is 12.3 Å². The van der Waals surface area contributed by atoms with Crippen LogP contribution in [0.4, 0.5) is 11.5 Å². The molecule has 1 saturated carbocycles. The Kier molecular flexibility index (Phi) is 4.51. The molecule has 1 N–H and O–H groups in total. The smallest absolute Gasteiger partial charge is 0.328 e. The van der Waals surface area contributed by atoms with Crippen LogP contribution in [0.5, 0.6) is 0 Å². The number of nitriles is 1. The summed E-state index contributed by atoms with van der Waals surface area (Å²) in [5.74, 6) is 0.732. The van der Waals surface area contributed by atoms with E-state index in [2.05, 4.69) is 17.2 Å². The van der Waals surface area contributed by atoms with Gasteiger partial charge in [-0.25, -0.2) is 4.98 Å². The Bertz CT molecular complexity index is 538. The minimum absolute atomic E-state index is 0.0522. The van der Waals surface area contributed by atoms with Crippen molar-refractivity contribution in [3.63, 3.8) is 0 Å². The van der Waals surface area contributed by atoms with Crippen LogP contribution in [-0.2, 0) is 0 Å². The number of anilines is 1. The summed E-state index contributed by atoms with van der Waals surface area (Å²) in [6, 6.07) is 3.44. The minimum atomic E-state index is -0.530. The molecule has 106 valence electrons. The lowest BCUT2D eigenvalue weighted by Gasteiger charge is -2.31. The molecule has 6 nitrogen and oxygen atoms in total. The number of pyridine rings is 1. The van der Waals surface area contributed by atoms with E-state index in [1.54, 1.807) is 0 Å². The lowest BCUT2D eigenvalue weighted by molar-refractivity contribution is -0.384. The van der Waals surface area contributed by atoms with Gasteiger partial charge in [-0.1, -0.05) is 26.2 Å². The van der Waals surface area contributed by atoms with E-state index in [0.29, 0.717) is 5.92 Å². The quantitative estimate of drug-likeness (QED) is 0.672. The molecule has 1 aromatic rings. The second-order valence-electron chi connectivity index (χ2n) is 5.13. The van der Waals surface area contributed by atoms with E-state index in [-0.39, 0.29) is 23.1 Å². The molecule has 0 spiro atoms. The molecule has 2 atom stereocenters. The van der Waals surface area contributed by atoms with Crippen molar-refractivity contribution in [3.05, 3.63) is 27.9 Å². The molecule has 0 radical (unpaired) electrons. The highest BCUT2D eigenvalue weighted by Gasteiger charge is 2.28. The summed E-state index contributed by atoms with van der Waals surface area (Å²) in [6.45, 7) is 2.14. The van der Waals surface area contributed by atoms with Crippen molar-refractivity contribution in [2.24, 2.45) is 5.92 Å². The summed E-state index contributed by atoms with van der Waals surface area (Å²) in [5.41, 5.74) is -0.160. The molecule has 1 fully saturated rings. The van der Waals surface area contributed by atoms with Crippen LogP contribution in [0, 0.1) is 27.4 Å². The van der Waals surface area contributed by atoms with Crippen LogP contribution in [0.25, 0.3) is 0 Å². The summed E-state index contributed by atoms with van der Waals surface area (Å²) >= 11 is 0. The number of hydrogen-bond donors (Lipinski definition) is 1. The maximum Gasteiger partial charge on any atom is 0.328 e. The Morgan fingerprint density at radius 3 is 2.95 bits per heavy atom. The predicted molar refractivity (Wildman–Crippen MR) is 75.3 cm³/mol. The van der Waals surface area contributed by atoms with Crippen LogP contribution >= 0.6 is 0 Å². The molecule has 1 aromatic heterocycles. The maximum absolute atomic E-state index is 11.2. The lowest BCUT2D eigenvalue weighted by Crippen LogP contribution is -2.32. The highest BCUT2D eigenvalue weighted by atomic mass is 16.6. The topological polar surface area (TPSA) is 91.8 Å². The molecule has 0 aromatic carbocycles. The van der Waals surface area contributed by atoms with Gasteiger partial charge in [-0.15, -0.1) is 0 Å². The molecule has 20 heavy (non-hydrogen) atoms. The molecule has 0 aliphatic heterocycles. The van der Waals surface area contributed by atoms with Crippen LogP contribution < -0.4 is 5.32 Å². The highest BCUT2D eigenvalue weighted by Crippen LogP contribution is 2.32. The average Bonchev–Trinajstić information content (AvgIpc) is 2.47. The summed E-state index contributed by atoms with van der Waals surface area (Å²) in [7, 11) is 0. The van der Waals surface area contributed by atoms with E-state index < -0.39 is 4.92 Å². The van der Waals surface area contributed by atoms with Crippen LogP contribution in [0.2, 0.25) is 0 Å². The van der Waals surface area contributed by atoms with Gasteiger partial charge < -0.3 is 5.32 Å². The van der Waals surface area contributed by atoms with E-state index in [1.165, 1.54) is 18.7 Å². The standard InChI is InChI=1S/C14H18N4O2/c1-2-10-5-3-4-6-12(10)17-14-13(18(19)20)11(9-15)7-8-16-14/h7-8,10,12H,2-6H2,1H3,(H,16,17). The van der Waals surface area contributed by atoms with Crippen LogP contribution in [0.1, 0.15) is 44.6 Å². The van der Waals surface area contributed by atoms with Gasteiger partial charge in [0.15, 0.2) is 0 Å². The Hall–Kier alpha value is -2.16. The first-order valence-electron chi connectivity index (χ1n) is 6.97. The molecule has 1 aliphatic carbocycles. The van der Waals surface area contributed by atoms with Crippen molar-refractivity contribution in [1.82, 2.24) is 4.98 Å². The number of nitro groups is 1. The minimum Gasteiger partial charge on any atom is -0.361 e. The summed E-state index contributed by atoms with van der Waals surface area (Å²) in [6.07, 6.45) is 6.96. The van der Waals surface area contributed by atoms with E-state index in [4.69, 9.17) is 5.26 Å². The largest absolute Gasteiger partial charge is 0.361 e. The van der Waals surface area contributed by atoms with Gasteiger partial charge in [-0.05, 0) is 24.8 Å². The van der Waals surface area contributed by atoms with Gasteiger partial charge in [0.05, 0.1) is 4.92 Å². The Morgan fingerprint density at radius 2 is 2.30 bits per heavy atom. The second kappa shape index (κ2) is 6.33. The van der Waals surface area contributed by atoms with Crippen molar-refractivity contribution >= 4 is 11.5 Å². The highest BCUT2D eigenvalue weighted by molar-refractivity contribution is 5.64.